The molecule has 2 aliphatic rings. The maximum absolute atomic E-state index is 3.58. The Kier molecular flexibility index (Phi) is 4.68. The molecule has 1 heterocycles. The number of hydrogen-bond acceptors (Lipinski definition) is 2. The van der Waals surface area contributed by atoms with Crippen LogP contribution in [0.25, 0.3) is 0 Å². The molecule has 0 bridgehead atoms. The summed E-state index contributed by atoms with van der Waals surface area (Å²) in [6.45, 7) is 3.55. The fourth-order valence-corrected chi connectivity index (χ4v) is 2.59. The first-order valence-electron chi connectivity index (χ1n) is 6.57. The summed E-state index contributed by atoms with van der Waals surface area (Å²) in [5, 5.41) is 7.15. The van der Waals surface area contributed by atoms with Crippen LogP contribution in [0.4, 0.5) is 0 Å². The Morgan fingerprint density at radius 1 is 1.33 bits per heavy atom. The maximum atomic E-state index is 3.58. The summed E-state index contributed by atoms with van der Waals surface area (Å²) >= 11 is 0. The Morgan fingerprint density at radius 3 is 3.07 bits per heavy atom. The van der Waals surface area contributed by atoms with Crippen molar-refractivity contribution in [3.8, 4) is 0 Å². The van der Waals surface area contributed by atoms with E-state index in [4.69, 9.17) is 0 Å². The zero-order valence-corrected chi connectivity index (χ0v) is 9.73. The molecule has 0 aromatic heterocycles. The summed E-state index contributed by atoms with van der Waals surface area (Å²) in [6, 6.07) is 0.733. The fraction of sp³-hybridized carbons (Fsp3) is 0.846. The van der Waals surface area contributed by atoms with Crippen LogP contribution in [0.1, 0.15) is 44.9 Å². The van der Waals surface area contributed by atoms with Crippen molar-refractivity contribution in [2.75, 3.05) is 19.6 Å². The molecule has 2 N–H and O–H groups in total. The SMILES string of the molecule is C1=C(CCNCC2CCCCN2)CCC1. The second-order valence-corrected chi connectivity index (χ2v) is 4.86. The van der Waals surface area contributed by atoms with E-state index in [1.165, 1.54) is 58.0 Å². The quantitative estimate of drug-likeness (QED) is 0.535. The van der Waals surface area contributed by atoms with Gasteiger partial charge < -0.3 is 10.6 Å². The molecule has 1 unspecified atom stereocenters. The Balaban J connectivity index is 1.50. The molecule has 0 aromatic carbocycles. The molecular weight excluding hydrogens is 184 g/mol. The summed E-state index contributed by atoms with van der Waals surface area (Å²) in [4.78, 5) is 0. The van der Waals surface area contributed by atoms with Crippen molar-refractivity contribution in [1.29, 1.82) is 0 Å². The van der Waals surface area contributed by atoms with Gasteiger partial charge in [-0.1, -0.05) is 18.1 Å². The molecule has 1 saturated heterocycles. The first-order valence-corrected chi connectivity index (χ1v) is 6.57. The van der Waals surface area contributed by atoms with E-state index in [2.05, 4.69) is 16.7 Å². The smallest absolute Gasteiger partial charge is 0.0192 e. The topological polar surface area (TPSA) is 24.1 Å². The highest BCUT2D eigenvalue weighted by Crippen LogP contribution is 2.19. The Morgan fingerprint density at radius 2 is 2.33 bits per heavy atom. The molecule has 1 atom stereocenters. The van der Waals surface area contributed by atoms with Crippen molar-refractivity contribution in [1.82, 2.24) is 10.6 Å². The van der Waals surface area contributed by atoms with Gasteiger partial charge in [0, 0.05) is 12.6 Å². The third-order valence-corrected chi connectivity index (χ3v) is 3.56. The lowest BCUT2D eigenvalue weighted by Crippen LogP contribution is -2.41. The molecule has 86 valence electrons. The average Bonchev–Trinajstić information content (AvgIpc) is 2.79. The second-order valence-electron chi connectivity index (χ2n) is 4.86. The third-order valence-electron chi connectivity index (χ3n) is 3.56. The van der Waals surface area contributed by atoms with Gasteiger partial charge in [0.25, 0.3) is 0 Å². The lowest BCUT2D eigenvalue weighted by Gasteiger charge is -2.23. The van der Waals surface area contributed by atoms with Crippen molar-refractivity contribution in [2.45, 2.75) is 51.0 Å². The summed E-state index contributed by atoms with van der Waals surface area (Å²) in [5.74, 6) is 0. The van der Waals surface area contributed by atoms with Gasteiger partial charge in [0.2, 0.25) is 0 Å². The van der Waals surface area contributed by atoms with Gasteiger partial charge >= 0.3 is 0 Å². The van der Waals surface area contributed by atoms with E-state index in [9.17, 15) is 0 Å². The van der Waals surface area contributed by atoms with Crippen LogP contribution < -0.4 is 10.6 Å². The average molecular weight is 208 g/mol. The predicted octanol–water partition coefficient (Wildman–Crippen LogP) is 2.22. The van der Waals surface area contributed by atoms with Crippen LogP contribution in [-0.2, 0) is 0 Å². The molecule has 15 heavy (non-hydrogen) atoms. The van der Waals surface area contributed by atoms with Crippen LogP contribution in [0.5, 0.6) is 0 Å². The lowest BCUT2D eigenvalue weighted by atomic mass is 10.1. The van der Waals surface area contributed by atoms with Gasteiger partial charge in [-0.05, 0) is 51.6 Å². The molecule has 0 amide bonds. The van der Waals surface area contributed by atoms with Gasteiger partial charge in [-0.2, -0.15) is 0 Å². The molecule has 2 heteroatoms. The molecule has 1 aliphatic carbocycles. The van der Waals surface area contributed by atoms with Gasteiger partial charge in [0.15, 0.2) is 0 Å². The Hall–Kier alpha value is -0.340. The fourth-order valence-electron chi connectivity index (χ4n) is 2.59. The normalized spacial score (nSPS) is 26.7. The molecular formula is C13H24N2. The van der Waals surface area contributed by atoms with Crippen LogP contribution in [-0.4, -0.2) is 25.7 Å². The third kappa shape index (κ3) is 3.96. The predicted molar refractivity (Wildman–Crippen MR) is 65.1 cm³/mol. The van der Waals surface area contributed by atoms with Crippen LogP contribution in [0.15, 0.2) is 11.6 Å². The minimum absolute atomic E-state index is 0.733. The summed E-state index contributed by atoms with van der Waals surface area (Å²) in [6.07, 6.45) is 11.9. The second kappa shape index (κ2) is 6.29. The van der Waals surface area contributed by atoms with Gasteiger partial charge in [-0.15, -0.1) is 0 Å². The van der Waals surface area contributed by atoms with Crippen molar-refractivity contribution in [3.63, 3.8) is 0 Å². The first kappa shape index (κ1) is 11.2. The molecule has 2 rings (SSSR count). The van der Waals surface area contributed by atoms with Crippen LogP contribution >= 0.6 is 0 Å². The minimum atomic E-state index is 0.733. The van der Waals surface area contributed by atoms with E-state index in [-0.39, 0.29) is 0 Å². The Bertz CT molecular complexity index is 205. The van der Waals surface area contributed by atoms with Crippen LogP contribution in [0, 0.1) is 0 Å². The highest BCUT2D eigenvalue weighted by molar-refractivity contribution is 5.07. The van der Waals surface area contributed by atoms with Crippen molar-refractivity contribution >= 4 is 0 Å². The number of piperidine rings is 1. The summed E-state index contributed by atoms with van der Waals surface area (Å²) in [5.41, 5.74) is 1.68. The van der Waals surface area contributed by atoms with Gasteiger partial charge in [0.05, 0.1) is 0 Å². The van der Waals surface area contributed by atoms with E-state index >= 15 is 0 Å². The van der Waals surface area contributed by atoms with Crippen molar-refractivity contribution in [2.24, 2.45) is 0 Å². The Labute approximate surface area is 93.5 Å². The molecule has 1 fully saturated rings. The zero-order valence-electron chi connectivity index (χ0n) is 9.73. The lowest BCUT2D eigenvalue weighted by molar-refractivity contribution is 0.384. The van der Waals surface area contributed by atoms with Crippen molar-refractivity contribution in [3.05, 3.63) is 11.6 Å². The van der Waals surface area contributed by atoms with E-state index in [0.717, 1.165) is 12.6 Å². The monoisotopic (exact) mass is 208 g/mol. The molecule has 0 aromatic rings. The largest absolute Gasteiger partial charge is 0.315 e. The standard InChI is InChI=1S/C13H24N2/c1-2-6-12(5-1)8-10-14-11-13-7-3-4-9-15-13/h5,13-15H,1-4,6-11H2. The van der Waals surface area contributed by atoms with E-state index in [1.807, 2.05) is 0 Å². The summed E-state index contributed by atoms with van der Waals surface area (Å²) < 4.78 is 0. The van der Waals surface area contributed by atoms with E-state index in [1.54, 1.807) is 5.57 Å². The summed E-state index contributed by atoms with van der Waals surface area (Å²) in [7, 11) is 0. The van der Waals surface area contributed by atoms with Gasteiger partial charge in [-0.3, -0.25) is 0 Å². The molecule has 2 nitrogen and oxygen atoms in total. The number of allylic oxidation sites excluding steroid dienone is 1. The number of rotatable bonds is 5. The van der Waals surface area contributed by atoms with Gasteiger partial charge in [0.1, 0.15) is 0 Å². The minimum Gasteiger partial charge on any atom is -0.315 e. The highest BCUT2D eigenvalue weighted by atomic mass is 15.0. The molecule has 0 radical (unpaired) electrons. The number of nitrogens with one attached hydrogen (secondary N) is 2. The number of hydrogen-bond donors (Lipinski definition) is 2. The van der Waals surface area contributed by atoms with Crippen LogP contribution in [0.2, 0.25) is 0 Å². The van der Waals surface area contributed by atoms with Crippen LogP contribution in [0.3, 0.4) is 0 Å². The zero-order chi connectivity index (χ0) is 10.3. The highest BCUT2D eigenvalue weighted by Gasteiger charge is 2.11. The molecule has 0 spiro atoms. The van der Waals surface area contributed by atoms with E-state index < -0.39 is 0 Å². The maximum Gasteiger partial charge on any atom is 0.0192 e. The van der Waals surface area contributed by atoms with E-state index in [0.29, 0.717) is 0 Å². The van der Waals surface area contributed by atoms with Crippen molar-refractivity contribution < 1.29 is 0 Å². The first-order chi connectivity index (χ1) is 7.45. The molecule has 1 aliphatic heterocycles. The van der Waals surface area contributed by atoms with Gasteiger partial charge in [-0.25, -0.2) is 0 Å². The molecule has 0 saturated carbocycles.